The van der Waals surface area contributed by atoms with Crippen molar-refractivity contribution in [2.24, 2.45) is 0 Å². The van der Waals surface area contributed by atoms with Crippen LogP contribution in [0.3, 0.4) is 0 Å². The SMILES string of the molecule is COc1cccc(Cc2csc(N3CCN(S(=O)(=O)c4cnc(C)[nH]4)CC3)n2)c1. The van der Waals surface area contributed by atoms with E-state index in [1.54, 1.807) is 25.4 Å². The second-order valence-corrected chi connectivity index (χ2v) is 9.62. The van der Waals surface area contributed by atoms with Crippen molar-refractivity contribution in [1.29, 1.82) is 0 Å². The molecule has 3 heterocycles. The number of hydrogen-bond acceptors (Lipinski definition) is 7. The van der Waals surface area contributed by atoms with Crippen LogP contribution in [0.15, 0.2) is 40.9 Å². The van der Waals surface area contributed by atoms with Crippen LogP contribution in [0.5, 0.6) is 5.75 Å². The average Bonchev–Trinajstić information content (AvgIpc) is 3.38. The van der Waals surface area contributed by atoms with E-state index >= 15 is 0 Å². The number of nitrogens with one attached hydrogen (secondary N) is 1. The van der Waals surface area contributed by atoms with Crippen LogP contribution in [0.2, 0.25) is 0 Å². The van der Waals surface area contributed by atoms with Crippen molar-refractivity contribution < 1.29 is 13.2 Å². The summed E-state index contributed by atoms with van der Waals surface area (Å²) in [5, 5.41) is 3.14. The van der Waals surface area contributed by atoms with Gasteiger partial charge in [0.25, 0.3) is 10.0 Å². The highest BCUT2D eigenvalue weighted by Gasteiger charge is 2.30. The minimum Gasteiger partial charge on any atom is -0.497 e. The lowest BCUT2D eigenvalue weighted by molar-refractivity contribution is 0.383. The summed E-state index contributed by atoms with van der Waals surface area (Å²) < 4.78 is 32.2. The molecule has 29 heavy (non-hydrogen) atoms. The van der Waals surface area contributed by atoms with E-state index in [-0.39, 0.29) is 5.03 Å². The van der Waals surface area contributed by atoms with Gasteiger partial charge in [0, 0.05) is 38.0 Å². The maximum Gasteiger partial charge on any atom is 0.260 e. The minimum atomic E-state index is -3.53. The third-order valence-electron chi connectivity index (χ3n) is 4.87. The number of thiazole rings is 1. The van der Waals surface area contributed by atoms with Crippen LogP contribution >= 0.6 is 11.3 Å². The first-order valence-corrected chi connectivity index (χ1v) is 11.6. The van der Waals surface area contributed by atoms with Crippen molar-refractivity contribution >= 4 is 26.5 Å². The Kier molecular flexibility index (Phi) is 5.57. The van der Waals surface area contributed by atoms with Gasteiger partial charge >= 0.3 is 0 Å². The summed E-state index contributed by atoms with van der Waals surface area (Å²) in [7, 11) is -1.87. The molecule has 1 aliphatic rings. The lowest BCUT2D eigenvalue weighted by Gasteiger charge is -2.33. The number of imidazole rings is 1. The van der Waals surface area contributed by atoms with E-state index in [1.807, 2.05) is 18.2 Å². The van der Waals surface area contributed by atoms with Gasteiger partial charge in [-0.15, -0.1) is 11.3 Å². The van der Waals surface area contributed by atoms with Gasteiger partial charge in [-0.25, -0.2) is 18.4 Å². The van der Waals surface area contributed by atoms with E-state index in [2.05, 4.69) is 26.3 Å². The Hall–Kier alpha value is -2.43. The van der Waals surface area contributed by atoms with E-state index in [4.69, 9.17) is 9.72 Å². The molecule has 4 rings (SSSR count). The highest BCUT2D eigenvalue weighted by Crippen LogP contribution is 2.25. The zero-order valence-electron chi connectivity index (χ0n) is 16.3. The van der Waals surface area contributed by atoms with Crippen molar-refractivity contribution in [1.82, 2.24) is 19.3 Å². The van der Waals surface area contributed by atoms with Crippen LogP contribution in [0.25, 0.3) is 0 Å². The number of hydrogen-bond donors (Lipinski definition) is 1. The van der Waals surface area contributed by atoms with E-state index in [9.17, 15) is 8.42 Å². The van der Waals surface area contributed by atoms with Crippen LogP contribution in [0.1, 0.15) is 17.1 Å². The molecular formula is C19H23N5O3S2. The predicted molar refractivity (Wildman–Crippen MR) is 112 cm³/mol. The lowest BCUT2D eigenvalue weighted by atomic mass is 10.1. The first kappa shape index (κ1) is 19.9. The summed E-state index contributed by atoms with van der Waals surface area (Å²) in [6.07, 6.45) is 2.12. The molecule has 0 unspecified atom stereocenters. The molecule has 1 aliphatic heterocycles. The number of sulfonamides is 1. The highest BCUT2D eigenvalue weighted by atomic mass is 32.2. The Morgan fingerprint density at radius 1 is 1.24 bits per heavy atom. The molecule has 154 valence electrons. The number of ether oxygens (including phenoxy) is 1. The zero-order valence-corrected chi connectivity index (χ0v) is 18.0. The number of rotatable bonds is 6. The van der Waals surface area contributed by atoms with Crippen molar-refractivity contribution in [2.75, 3.05) is 38.2 Å². The van der Waals surface area contributed by atoms with Crippen molar-refractivity contribution in [3.63, 3.8) is 0 Å². The molecule has 1 aromatic carbocycles. The maximum atomic E-state index is 12.7. The molecule has 10 heteroatoms. The first-order valence-electron chi connectivity index (χ1n) is 9.30. The van der Waals surface area contributed by atoms with Gasteiger partial charge in [0.2, 0.25) is 0 Å². The molecule has 2 aromatic heterocycles. The number of methoxy groups -OCH3 is 1. The fourth-order valence-electron chi connectivity index (χ4n) is 3.30. The molecule has 0 atom stereocenters. The fourth-order valence-corrected chi connectivity index (χ4v) is 5.57. The Morgan fingerprint density at radius 2 is 2.03 bits per heavy atom. The molecule has 1 N–H and O–H groups in total. The van der Waals surface area contributed by atoms with Gasteiger partial charge in [-0.2, -0.15) is 4.31 Å². The van der Waals surface area contributed by atoms with Gasteiger partial charge in [0.05, 0.1) is 19.0 Å². The molecule has 1 fully saturated rings. The molecule has 0 bridgehead atoms. The second kappa shape index (κ2) is 8.13. The van der Waals surface area contributed by atoms with Crippen molar-refractivity contribution in [2.45, 2.75) is 18.4 Å². The van der Waals surface area contributed by atoms with Gasteiger partial charge in [0.15, 0.2) is 10.2 Å². The standard InChI is InChI=1S/C19H23N5O3S2/c1-14-20-12-18(21-14)29(25,26)24-8-6-23(7-9-24)19-22-16(13-28-19)10-15-4-3-5-17(11-15)27-2/h3-5,11-13H,6-10H2,1-2H3,(H,20,21). The van der Waals surface area contributed by atoms with Gasteiger partial charge in [-0.3, -0.25) is 0 Å². The molecule has 1 saturated heterocycles. The Bertz CT molecular complexity index is 1080. The number of anilines is 1. The third kappa shape index (κ3) is 4.29. The molecule has 0 amide bonds. The minimum absolute atomic E-state index is 0.151. The molecule has 0 spiro atoms. The quantitative estimate of drug-likeness (QED) is 0.641. The van der Waals surface area contributed by atoms with Crippen LogP contribution < -0.4 is 9.64 Å². The summed E-state index contributed by atoms with van der Waals surface area (Å²) in [5.41, 5.74) is 2.15. The maximum absolute atomic E-state index is 12.7. The van der Waals surface area contributed by atoms with Crippen LogP contribution in [0.4, 0.5) is 5.13 Å². The van der Waals surface area contributed by atoms with Crippen LogP contribution in [0, 0.1) is 6.92 Å². The Balaban J connectivity index is 1.39. The first-order chi connectivity index (χ1) is 14.0. The van der Waals surface area contributed by atoms with E-state index in [0.717, 1.165) is 28.6 Å². The van der Waals surface area contributed by atoms with Crippen LogP contribution in [-0.4, -0.2) is 61.0 Å². The molecule has 3 aromatic rings. The number of aromatic amines is 1. The van der Waals surface area contributed by atoms with Gasteiger partial charge in [-0.05, 0) is 24.6 Å². The van der Waals surface area contributed by atoms with Gasteiger partial charge in [0.1, 0.15) is 11.6 Å². The van der Waals surface area contributed by atoms with Crippen molar-refractivity contribution in [3.05, 3.63) is 52.9 Å². The summed E-state index contributed by atoms with van der Waals surface area (Å²) in [5.74, 6) is 1.43. The number of aryl methyl sites for hydroxylation is 1. The number of H-pyrrole nitrogens is 1. The largest absolute Gasteiger partial charge is 0.497 e. The number of aromatic nitrogens is 3. The molecule has 0 radical (unpaired) electrons. The Morgan fingerprint density at radius 3 is 2.72 bits per heavy atom. The van der Waals surface area contributed by atoms with E-state index in [1.165, 1.54) is 10.5 Å². The topological polar surface area (TPSA) is 91.4 Å². The van der Waals surface area contributed by atoms with Crippen molar-refractivity contribution in [3.8, 4) is 5.75 Å². The zero-order chi connectivity index (χ0) is 20.4. The number of benzene rings is 1. The molecular weight excluding hydrogens is 410 g/mol. The number of piperazine rings is 1. The Labute approximate surface area is 174 Å². The summed E-state index contributed by atoms with van der Waals surface area (Å²) in [4.78, 5) is 13.7. The fraction of sp³-hybridized carbons (Fsp3) is 0.368. The number of nitrogens with zero attached hydrogens (tertiary/aromatic N) is 4. The lowest BCUT2D eigenvalue weighted by Crippen LogP contribution is -2.48. The molecule has 0 saturated carbocycles. The molecule has 8 nitrogen and oxygen atoms in total. The molecule has 0 aliphatic carbocycles. The normalized spacial score (nSPS) is 15.6. The third-order valence-corrected chi connectivity index (χ3v) is 7.62. The highest BCUT2D eigenvalue weighted by molar-refractivity contribution is 7.89. The van der Waals surface area contributed by atoms with Crippen LogP contribution in [-0.2, 0) is 16.4 Å². The summed E-state index contributed by atoms with van der Waals surface area (Å²) in [6, 6.07) is 7.97. The second-order valence-electron chi connectivity index (χ2n) is 6.87. The van der Waals surface area contributed by atoms with Gasteiger partial charge in [-0.1, -0.05) is 12.1 Å². The van der Waals surface area contributed by atoms with E-state index in [0.29, 0.717) is 32.0 Å². The monoisotopic (exact) mass is 433 g/mol. The smallest absolute Gasteiger partial charge is 0.260 e. The average molecular weight is 434 g/mol. The van der Waals surface area contributed by atoms with Gasteiger partial charge < -0.3 is 14.6 Å². The summed E-state index contributed by atoms with van der Waals surface area (Å²) >= 11 is 1.59. The predicted octanol–water partition coefficient (Wildman–Crippen LogP) is 2.28. The summed E-state index contributed by atoms with van der Waals surface area (Å²) in [6.45, 7) is 3.80. The van der Waals surface area contributed by atoms with E-state index < -0.39 is 10.0 Å².